The molecule has 0 bridgehead atoms. The van der Waals surface area contributed by atoms with Gasteiger partial charge in [0.25, 0.3) is 0 Å². The molecule has 0 unspecified atom stereocenters. The zero-order chi connectivity index (χ0) is 20.1. The van der Waals surface area contributed by atoms with Gasteiger partial charge in [0.1, 0.15) is 0 Å². The minimum absolute atomic E-state index is 0.0858. The van der Waals surface area contributed by atoms with Gasteiger partial charge in [0.05, 0.1) is 12.6 Å². The molecule has 2 aromatic carbocycles. The number of carbonyl (C=O) groups excluding carboxylic acids is 2. The molecule has 1 atom stereocenters. The Bertz CT molecular complexity index is 972. The van der Waals surface area contributed by atoms with Crippen molar-refractivity contribution in [2.75, 3.05) is 13.1 Å². The molecule has 1 fully saturated rings. The Balaban J connectivity index is 1.33. The molecule has 2 amide bonds. The van der Waals surface area contributed by atoms with Crippen molar-refractivity contribution in [2.45, 2.75) is 25.3 Å². The first kappa shape index (κ1) is 18.9. The summed E-state index contributed by atoms with van der Waals surface area (Å²) >= 11 is 0. The number of aromatic nitrogens is 2. The Morgan fingerprint density at radius 2 is 1.83 bits per heavy atom. The Morgan fingerprint density at radius 3 is 2.59 bits per heavy atom. The SMILES string of the molecule is O=C1CN(C(=O)CCc2nc(-c3ccccc3)no2)C[C@H](Cc2ccccc2)N1. The highest BCUT2D eigenvalue weighted by atomic mass is 16.5. The van der Waals surface area contributed by atoms with E-state index >= 15 is 0 Å². The largest absolute Gasteiger partial charge is 0.350 e. The Labute approximate surface area is 168 Å². The van der Waals surface area contributed by atoms with Crippen molar-refractivity contribution >= 4 is 11.8 Å². The third-order valence-electron chi connectivity index (χ3n) is 4.87. The van der Waals surface area contributed by atoms with Crippen LogP contribution in [0.5, 0.6) is 0 Å². The zero-order valence-corrected chi connectivity index (χ0v) is 16.0. The lowest BCUT2D eigenvalue weighted by atomic mass is 10.0. The quantitative estimate of drug-likeness (QED) is 0.697. The summed E-state index contributed by atoms with van der Waals surface area (Å²) in [7, 11) is 0. The van der Waals surface area contributed by atoms with Crippen molar-refractivity contribution in [3.63, 3.8) is 0 Å². The highest BCUT2D eigenvalue weighted by Crippen LogP contribution is 2.16. The van der Waals surface area contributed by atoms with Gasteiger partial charge in [-0.1, -0.05) is 65.8 Å². The van der Waals surface area contributed by atoms with E-state index in [1.165, 1.54) is 0 Å². The van der Waals surface area contributed by atoms with Crippen molar-refractivity contribution in [1.29, 1.82) is 0 Å². The smallest absolute Gasteiger partial charge is 0.239 e. The van der Waals surface area contributed by atoms with Gasteiger partial charge in [0.2, 0.25) is 23.5 Å². The van der Waals surface area contributed by atoms with Gasteiger partial charge in [-0.15, -0.1) is 0 Å². The second-order valence-corrected chi connectivity index (χ2v) is 7.11. The van der Waals surface area contributed by atoms with E-state index in [0.717, 1.165) is 11.1 Å². The highest BCUT2D eigenvalue weighted by molar-refractivity contribution is 5.86. The van der Waals surface area contributed by atoms with Crippen LogP contribution in [0.1, 0.15) is 17.9 Å². The molecule has 1 aliphatic heterocycles. The van der Waals surface area contributed by atoms with Gasteiger partial charge in [-0.05, 0) is 12.0 Å². The fraction of sp³-hybridized carbons (Fsp3) is 0.273. The van der Waals surface area contributed by atoms with E-state index in [-0.39, 0.29) is 30.8 Å². The van der Waals surface area contributed by atoms with Crippen LogP contribution in [0.4, 0.5) is 0 Å². The molecule has 2 heterocycles. The molecule has 0 radical (unpaired) electrons. The Morgan fingerprint density at radius 1 is 1.10 bits per heavy atom. The minimum atomic E-state index is -0.130. The van der Waals surface area contributed by atoms with Crippen LogP contribution >= 0.6 is 0 Å². The summed E-state index contributed by atoms with van der Waals surface area (Å²) in [6, 6.07) is 19.4. The summed E-state index contributed by atoms with van der Waals surface area (Å²) in [4.78, 5) is 30.7. The standard InChI is InChI=1S/C22H22N4O3/c27-19-15-26(14-18(23-19)13-16-7-3-1-4-8-16)21(28)12-11-20-24-22(25-29-20)17-9-5-2-6-10-17/h1-10,18H,11-15H2,(H,23,27)/t18-/m0/s1. The number of carbonyl (C=O) groups is 2. The van der Waals surface area contributed by atoms with Gasteiger partial charge in [-0.2, -0.15) is 4.98 Å². The van der Waals surface area contributed by atoms with Gasteiger partial charge in [-0.25, -0.2) is 0 Å². The van der Waals surface area contributed by atoms with Gasteiger partial charge in [0, 0.05) is 24.9 Å². The molecule has 29 heavy (non-hydrogen) atoms. The number of nitrogens with zero attached hydrogens (tertiary/aromatic N) is 3. The van der Waals surface area contributed by atoms with Crippen LogP contribution in [0, 0.1) is 0 Å². The van der Waals surface area contributed by atoms with Crippen LogP contribution in [-0.2, 0) is 22.4 Å². The summed E-state index contributed by atoms with van der Waals surface area (Å²) in [5.74, 6) is 0.708. The predicted octanol–water partition coefficient (Wildman–Crippen LogP) is 2.24. The second-order valence-electron chi connectivity index (χ2n) is 7.11. The number of amides is 2. The fourth-order valence-electron chi connectivity index (χ4n) is 3.46. The molecule has 1 saturated heterocycles. The Hall–Kier alpha value is -3.48. The molecule has 0 spiro atoms. The average Bonchev–Trinajstić information content (AvgIpc) is 3.22. The zero-order valence-electron chi connectivity index (χ0n) is 16.0. The Kier molecular flexibility index (Phi) is 5.65. The number of hydrogen-bond acceptors (Lipinski definition) is 5. The van der Waals surface area contributed by atoms with Crippen LogP contribution in [0.3, 0.4) is 0 Å². The first-order chi connectivity index (χ1) is 14.2. The van der Waals surface area contributed by atoms with Crippen molar-refractivity contribution in [2.24, 2.45) is 0 Å². The first-order valence-corrected chi connectivity index (χ1v) is 9.66. The maximum absolute atomic E-state index is 12.6. The van der Waals surface area contributed by atoms with Crippen LogP contribution in [0.15, 0.2) is 65.2 Å². The molecule has 7 heteroatoms. The van der Waals surface area contributed by atoms with Crippen molar-refractivity contribution in [3.05, 3.63) is 72.1 Å². The number of piperazine rings is 1. The van der Waals surface area contributed by atoms with Crippen molar-refractivity contribution in [3.8, 4) is 11.4 Å². The van der Waals surface area contributed by atoms with E-state index in [4.69, 9.17) is 4.52 Å². The van der Waals surface area contributed by atoms with E-state index in [1.54, 1.807) is 4.90 Å². The van der Waals surface area contributed by atoms with Crippen molar-refractivity contribution < 1.29 is 14.1 Å². The third kappa shape index (κ3) is 4.87. The first-order valence-electron chi connectivity index (χ1n) is 9.66. The van der Waals surface area contributed by atoms with Crippen LogP contribution in [0.2, 0.25) is 0 Å². The van der Waals surface area contributed by atoms with Crippen LogP contribution in [0.25, 0.3) is 11.4 Å². The van der Waals surface area contributed by atoms with Gasteiger partial charge in [0.15, 0.2) is 0 Å². The monoisotopic (exact) mass is 390 g/mol. The molecule has 7 nitrogen and oxygen atoms in total. The van der Waals surface area contributed by atoms with Crippen molar-refractivity contribution in [1.82, 2.24) is 20.4 Å². The lowest BCUT2D eigenvalue weighted by Gasteiger charge is -2.33. The van der Waals surface area contributed by atoms with Crippen LogP contribution in [-0.4, -0.2) is 46.0 Å². The second kappa shape index (κ2) is 8.68. The summed E-state index contributed by atoms with van der Waals surface area (Å²) in [6.07, 6.45) is 1.27. The summed E-state index contributed by atoms with van der Waals surface area (Å²) in [6.45, 7) is 0.585. The maximum Gasteiger partial charge on any atom is 0.239 e. The van der Waals surface area contributed by atoms with Crippen LogP contribution < -0.4 is 5.32 Å². The summed E-state index contributed by atoms with van der Waals surface area (Å²) < 4.78 is 5.27. The molecular formula is C22H22N4O3. The molecule has 4 rings (SSSR count). The third-order valence-corrected chi connectivity index (χ3v) is 4.87. The minimum Gasteiger partial charge on any atom is -0.350 e. The molecule has 0 aliphatic carbocycles. The number of hydrogen-bond donors (Lipinski definition) is 1. The average molecular weight is 390 g/mol. The number of nitrogens with one attached hydrogen (secondary N) is 1. The fourth-order valence-corrected chi connectivity index (χ4v) is 3.46. The molecule has 1 N–H and O–H groups in total. The van der Waals surface area contributed by atoms with Gasteiger partial charge >= 0.3 is 0 Å². The summed E-state index contributed by atoms with van der Waals surface area (Å²) in [5.41, 5.74) is 2.00. The lowest BCUT2D eigenvalue weighted by molar-refractivity contribution is -0.139. The maximum atomic E-state index is 12.6. The number of benzene rings is 2. The van der Waals surface area contributed by atoms with E-state index in [9.17, 15) is 9.59 Å². The molecule has 3 aromatic rings. The van der Waals surface area contributed by atoms with Gasteiger partial charge in [-0.3, -0.25) is 9.59 Å². The van der Waals surface area contributed by atoms with E-state index in [2.05, 4.69) is 15.5 Å². The van der Waals surface area contributed by atoms with E-state index in [1.807, 2.05) is 60.7 Å². The topological polar surface area (TPSA) is 88.3 Å². The number of rotatable bonds is 6. The molecule has 148 valence electrons. The van der Waals surface area contributed by atoms with E-state index in [0.29, 0.717) is 31.1 Å². The lowest BCUT2D eigenvalue weighted by Crippen LogP contribution is -2.56. The molecule has 1 aromatic heterocycles. The highest BCUT2D eigenvalue weighted by Gasteiger charge is 2.28. The molecular weight excluding hydrogens is 368 g/mol. The predicted molar refractivity (Wildman–Crippen MR) is 107 cm³/mol. The number of aryl methyl sites for hydroxylation is 1. The normalized spacial score (nSPS) is 16.5. The van der Waals surface area contributed by atoms with Gasteiger partial charge < -0.3 is 14.7 Å². The summed E-state index contributed by atoms with van der Waals surface area (Å²) in [5, 5.41) is 6.94. The molecule has 0 saturated carbocycles. The molecule has 1 aliphatic rings. The van der Waals surface area contributed by atoms with E-state index < -0.39 is 0 Å².